The normalized spacial score (nSPS) is 26.0. The molecule has 4 heteroatoms. The molecule has 0 amide bonds. The van der Waals surface area contributed by atoms with E-state index in [0.29, 0.717) is 13.2 Å². The Bertz CT molecular complexity index is 416. The Morgan fingerprint density at radius 2 is 2.33 bits per heavy atom. The van der Waals surface area contributed by atoms with Crippen molar-refractivity contribution in [3.8, 4) is 0 Å². The van der Waals surface area contributed by atoms with Gasteiger partial charge in [0.05, 0.1) is 12.7 Å². The number of rotatable bonds is 3. The fourth-order valence-electron chi connectivity index (χ4n) is 2.49. The van der Waals surface area contributed by atoms with E-state index in [4.69, 9.17) is 10.5 Å². The molecule has 0 aromatic heterocycles. The molecule has 1 aromatic carbocycles. The van der Waals surface area contributed by atoms with E-state index in [-0.39, 0.29) is 5.41 Å². The molecular weight excluding hydrogens is 294 g/mol. The van der Waals surface area contributed by atoms with Crippen molar-refractivity contribution in [2.24, 2.45) is 11.1 Å². The first-order chi connectivity index (χ1) is 8.59. The van der Waals surface area contributed by atoms with Crippen LogP contribution in [0.1, 0.15) is 30.1 Å². The van der Waals surface area contributed by atoms with Crippen molar-refractivity contribution in [2.75, 3.05) is 19.8 Å². The molecule has 2 unspecified atom stereocenters. The van der Waals surface area contributed by atoms with Gasteiger partial charge in [-0.05, 0) is 37.0 Å². The van der Waals surface area contributed by atoms with Gasteiger partial charge in [0, 0.05) is 23.0 Å². The van der Waals surface area contributed by atoms with Crippen molar-refractivity contribution < 1.29 is 9.84 Å². The van der Waals surface area contributed by atoms with Gasteiger partial charge in [-0.2, -0.15) is 0 Å². The van der Waals surface area contributed by atoms with E-state index in [9.17, 15) is 5.11 Å². The Morgan fingerprint density at radius 1 is 1.56 bits per heavy atom. The summed E-state index contributed by atoms with van der Waals surface area (Å²) in [6.07, 6.45) is 1.30. The molecule has 1 aliphatic heterocycles. The molecule has 100 valence electrons. The number of hydrogen-bond donors (Lipinski definition) is 2. The molecule has 2 rings (SSSR count). The van der Waals surface area contributed by atoms with Crippen molar-refractivity contribution in [1.29, 1.82) is 0 Å². The standard InChI is InChI=1S/C14H20BrNO2/c1-10-3-4-11(7-12(10)15)13(17)14(8-16)5-2-6-18-9-14/h3-4,7,13,17H,2,5-6,8-9,16H2,1H3. The minimum Gasteiger partial charge on any atom is -0.388 e. The highest BCUT2D eigenvalue weighted by Gasteiger charge is 2.39. The average Bonchev–Trinajstić information content (AvgIpc) is 2.42. The second-order valence-corrected chi connectivity index (χ2v) is 5.99. The van der Waals surface area contributed by atoms with E-state index < -0.39 is 6.10 Å². The van der Waals surface area contributed by atoms with Gasteiger partial charge in [-0.25, -0.2) is 0 Å². The number of nitrogens with two attached hydrogens (primary N) is 1. The molecule has 1 fully saturated rings. The van der Waals surface area contributed by atoms with Crippen molar-refractivity contribution in [3.05, 3.63) is 33.8 Å². The van der Waals surface area contributed by atoms with Crippen molar-refractivity contribution in [1.82, 2.24) is 0 Å². The third-order valence-corrected chi connectivity index (χ3v) is 4.71. The van der Waals surface area contributed by atoms with Gasteiger partial charge in [0.25, 0.3) is 0 Å². The summed E-state index contributed by atoms with van der Waals surface area (Å²) in [6, 6.07) is 5.96. The van der Waals surface area contributed by atoms with Gasteiger partial charge in [0.1, 0.15) is 0 Å². The van der Waals surface area contributed by atoms with Crippen molar-refractivity contribution in [2.45, 2.75) is 25.9 Å². The molecule has 1 saturated heterocycles. The predicted octanol–water partition coefficient (Wildman–Crippen LogP) is 2.55. The maximum Gasteiger partial charge on any atom is 0.0880 e. The fraction of sp³-hybridized carbons (Fsp3) is 0.571. The third-order valence-electron chi connectivity index (χ3n) is 3.85. The van der Waals surface area contributed by atoms with Crippen LogP contribution in [-0.2, 0) is 4.74 Å². The van der Waals surface area contributed by atoms with Crippen molar-refractivity contribution >= 4 is 15.9 Å². The molecule has 0 radical (unpaired) electrons. The van der Waals surface area contributed by atoms with Crippen LogP contribution < -0.4 is 5.73 Å². The van der Waals surface area contributed by atoms with E-state index in [2.05, 4.69) is 15.9 Å². The van der Waals surface area contributed by atoms with Crippen LogP contribution in [0, 0.1) is 12.3 Å². The number of ether oxygens (including phenoxy) is 1. The molecule has 0 bridgehead atoms. The number of aryl methyl sites for hydroxylation is 1. The van der Waals surface area contributed by atoms with Crippen LogP contribution in [0.15, 0.2) is 22.7 Å². The largest absolute Gasteiger partial charge is 0.388 e. The van der Waals surface area contributed by atoms with E-state index in [1.54, 1.807) is 0 Å². The Kier molecular flexibility index (Phi) is 4.43. The Labute approximate surface area is 116 Å². The van der Waals surface area contributed by atoms with Gasteiger partial charge >= 0.3 is 0 Å². The van der Waals surface area contributed by atoms with Gasteiger partial charge in [-0.3, -0.25) is 0 Å². The first kappa shape index (κ1) is 14.0. The van der Waals surface area contributed by atoms with Crippen LogP contribution in [0.25, 0.3) is 0 Å². The van der Waals surface area contributed by atoms with Crippen molar-refractivity contribution in [3.63, 3.8) is 0 Å². The summed E-state index contributed by atoms with van der Waals surface area (Å²) in [5.74, 6) is 0. The highest BCUT2D eigenvalue weighted by atomic mass is 79.9. The predicted molar refractivity (Wildman–Crippen MR) is 75.4 cm³/mol. The minimum atomic E-state index is -0.570. The first-order valence-corrected chi connectivity index (χ1v) is 7.10. The topological polar surface area (TPSA) is 55.5 Å². The molecule has 1 aromatic rings. The third kappa shape index (κ3) is 2.62. The Hall–Kier alpha value is -0.420. The number of halogens is 1. The summed E-state index contributed by atoms with van der Waals surface area (Å²) in [4.78, 5) is 0. The zero-order chi connectivity index (χ0) is 13.2. The van der Waals surface area contributed by atoms with Gasteiger partial charge in [-0.15, -0.1) is 0 Å². The summed E-state index contributed by atoms with van der Waals surface area (Å²) in [6.45, 7) is 3.78. The van der Waals surface area contributed by atoms with Gasteiger partial charge < -0.3 is 15.6 Å². The Morgan fingerprint density at radius 3 is 2.89 bits per heavy atom. The molecule has 0 spiro atoms. The van der Waals surface area contributed by atoms with Gasteiger partial charge in [-0.1, -0.05) is 28.1 Å². The lowest BCUT2D eigenvalue weighted by molar-refractivity contribution is -0.0782. The molecule has 3 nitrogen and oxygen atoms in total. The first-order valence-electron chi connectivity index (χ1n) is 6.31. The number of aliphatic hydroxyl groups excluding tert-OH is 1. The SMILES string of the molecule is Cc1ccc(C(O)C2(CN)CCCOC2)cc1Br. The lowest BCUT2D eigenvalue weighted by Crippen LogP contribution is -2.43. The average molecular weight is 314 g/mol. The highest BCUT2D eigenvalue weighted by molar-refractivity contribution is 9.10. The lowest BCUT2D eigenvalue weighted by Gasteiger charge is -2.40. The maximum absolute atomic E-state index is 10.6. The molecule has 3 N–H and O–H groups in total. The number of benzene rings is 1. The van der Waals surface area contributed by atoms with E-state index in [1.807, 2.05) is 25.1 Å². The summed E-state index contributed by atoms with van der Waals surface area (Å²) in [5, 5.41) is 10.6. The maximum atomic E-state index is 10.6. The highest BCUT2D eigenvalue weighted by Crippen LogP contribution is 2.40. The van der Waals surface area contributed by atoms with Gasteiger partial charge in [0.15, 0.2) is 0 Å². The zero-order valence-electron chi connectivity index (χ0n) is 10.7. The molecule has 1 heterocycles. The van der Waals surface area contributed by atoms with E-state index >= 15 is 0 Å². The molecule has 2 atom stereocenters. The zero-order valence-corrected chi connectivity index (χ0v) is 12.2. The quantitative estimate of drug-likeness (QED) is 0.901. The summed E-state index contributed by atoms with van der Waals surface area (Å²) >= 11 is 3.50. The van der Waals surface area contributed by atoms with Crippen LogP contribution in [0.2, 0.25) is 0 Å². The molecule has 0 aliphatic carbocycles. The lowest BCUT2D eigenvalue weighted by atomic mass is 9.75. The minimum absolute atomic E-state index is 0.340. The molecule has 18 heavy (non-hydrogen) atoms. The molecular formula is C14H20BrNO2. The van der Waals surface area contributed by atoms with E-state index in [0.717, 1.165) is 35.0 Å². The fourth-order valence-corrected chi connectivity index (χ4v) is 2.89. The Balaban J connectivity index is 2.27. The molecule has 0 saturated carbocycles. The number of hydrogen-bond acceptors (Lipinski definition) is 3. The van der Waals surface area contributed by atoms with Gasteiger partial charge in [0.2, 0.25) is 0 Å². The second-order valence-electron chi connectivity index (χ2n) is 5.13. The van der Waals surface area contributed by atoms with Crippen LogP contribution >= 0.6 is 15.9 Å². The van der Waals surface area contributed by atoms with Crippen LogP contribution in [0.5, 0.6) is 0 Å². The van der Waals surface area contributed by atoms with Crippen LogP contribution in [-0.4, -0.2) is 24.9 Å². The molecule has 1 aliphatic rings. The number of aliphatic hydroxyl groups is 1. The smallest absolute Gasteiger partial charge is 0.0880 e. The monoisotopic (exact) mass is 313 g/mol. The van der Waals surface area contributed by atoms with Crippen LogP contribution in [0.4, 0.5) is 0 Å². The van der Waals surface area contributed by atoms with E-state index in [1.165, 1.54) is 0 Å². The summed E-state index contributed by atoms with van der Waals surface area (Å²) in [5.41, 5.74) is 7.62. The second kappa shape index (κ2) is 5.70. The summed E-state index contributed by atoms with van der Waals surface area (Å²) in [7, 11) is 0. The summed E-state index contributed by atoms with van der Waals surface area (Å²) < 4.78 is 6.54. The van der Waals surface area contributed by atoms with Crippen LogP contribution in [0.3, 0.4) is 0 Å².